The second-order valence-corrected chi connectivity index (χ2v) is 6.35. The Morgan fingerprint density at radius 1 is 1.33 bits per heavy atom. The molecule has 0 heterocycles. The first-order chi connectivity index (χ1) is 9.90. The van der Waals surface area contributed by atoms with Gasteiger partial charge in [-0.05, 0) is 30.7 Å². The molecule has 2 aromatic rings. The number of hydrogen-bond donors (Lipinski definition) is 1. The molecule has 110 valence electrons. The number of benzene rings is 2. The van der Waals surface area contributed by atoms with Gasteiger partial charge in [-0.15, -0.1) is 0 Å². The largest absolute Gasteiger partial charge is 0.398 e. The van der Waals surface area contributed by atoms with Gasteiger partial charge in [0.25, 0.3) is 5.69 Å². The zero-order valence-electron chi connectivity index (χ0n) is 11.2. The molecule has 0 aliphatic rings. The molecule has 0 saturated heterocycles. The summed E-state index contributed by atoms with van der Waals surface area (Å²) < 4.78 is 12.4. The Labute approximate surface area is 129 Å². The van der Waals surface area contributed by atoms with Crippen molar-refractivity contribution in [3.63, 3.8) is 0 Å². The van der Waals surface area contributed by atoms with Crippen LogP contribution in [-0.2, 0) is 16.6 Å². The van der Waals surface area contributed by atoms with Gasteiger partial charge in [-0.25, -0.2) is 0 Å². The molecular weight excluding hydrogens is 312 g/mol. The molecule has 0 amide bonds. The fourth-order valence-corrected chi connectivity index (χ4v) is 3.44. The van der Waals surface area contributed by atoms with Crippen molar-refractivity contribution in [3.8, 4) is 0 Å². The second-order valence-electron chi connectivity index (χ2n) is 4.49. The summed E-state index contributed by atoms with van der Waals surface area (Å²) in [6.45, 7) is 1.65. The van der Waals surface area contributed by atoms with Crippen LogP contribution in [0.5, 0.6) is 0 Å². The van der Waals surface area contributed by atoms with Crippen LogP contribution in [0.25, 0.3) is 0 Å². The van der Waals surface area contributed by atoms with Crippen molar-refractivity contribution in [3.05, 3.63) is 62.7 Å². The zero-order valence-corrected chi connectivity index (χ0v) is 12.8. The predicted molar refractivity (Wildman–Crippen MR) is 83.8 cm³/mol. The van der Waals surface area contributed by atoms with Crippen LogP contribution in [0.4, 0.5) is 11.4 Å². The van der Waals surface area contributed by atoms with E-state index in [1.807, 2.05) is 0 Å². The summed E-state index contributed by atoms with van der Waals surface area (Å²) in [5.74, 6) is 0.166. The molecule has 2 N–H and O–H groups in total. The third-order valence-electron chi connectivity index (χ3n) is 3.12. The fourth-order valence-electron chi connectivity index (χ4n) is 1.97. The standard InChI is InChI=1S/C14H13ClN2O3S/c1-9-10(3-2-4-13(9)17(18)19)8-21(20)14-6-5-11(15)7-12(14)16/h2-7H,8,16H2,1H3. The van der Waals surface area contributed by atoms with Crippen LogP contribution in [0.3, 0.4) is 0 Å². The molecule has 2 aromatic carbocycles. The number of nitrogen functional groups attached to an aromatic ring is 1. The lowest BCUT2D eigenvalue weighted by Gasteiger charge is -2.08. The van der Waals surface area contributed by atoms with Gasteiger partial charge in [0.2, 0.25) is 0 Å². The highest BCUT2D eigenvalue weighted by Gasteiger charge is 2.16. The topological polar surface area (TPSA) is 86.2 Å². The number of halogens is 1. The number of nitro benzene ring substituents is 1. The summed E-state index contributed by atoms with van der Waals surface area (Å²) in [5.41, 5.74) is 7.36. The minimum atomic E-state index is -1.39. The van der Waals surface area contributed by atoms with Crippen LogP contribution in [0.2, 0.25) is 5.02 Å². The number of hydrogen-bond acceptors (Lipinski definition) is 4. The molecule has 0 aliphatic heterocycles. The number of nitro groups is 1. The molecule has 0 saturated carbocycles. The third-order valence-corrected chi connectivity index (χ3v) is 4.79. The minimum absolute atomic E-state index is 0.0218. The normalized spacial score (nSPS) is 12.1. The van der Waals surface area contributed by atoms with Gasteiger partial charge < -0.3 is 5.73 Å². The Balaban J connectivity index is 2.32. The van der Waals surface area contributed by atoms with E-state index < -0.39 is 15.7 Å². The molecular formula is C14H13ClN2O3S. The maximum absolute atomic E-state index is 12.4. The highest BCUT2D eigenvalue weighted by atomic mass is 35.5. The lowest BCUT2D eigenvalue weighted by molar-refractivity contribution is -0.385. The predicted octanol–water partition coefficient (Wildman–Crippen LogP) is 3.45. The van der Waals surface area contributed by atoms with E-state index >= 15 is 0 Å². The van der Waals surface area contributed by atoms with Crippen molar-refractivity contribution in [2.45, 2.75) is 17.6 Å². The van der Waals surface area contributed by atoms with Crippen molar-refractivity contribution < 1.29 is 9.13 Å². The Morgan fingerprint density at radius 2 is 2.05 bits per heavy atom. The molecule has 0 aromatic heterocycles. The van der Waals surface area contributed by atoms with Gasteiger partial charge >= 0.3 is 0 Å². The molecule has 2 rings (SSSR count). The van der Waals surface area contributed by atoms with E-state index in [4.69, 9.17) is 17.3 Å². The summed E-state index contributed by atoms with van der Waals surface area (Å²) in [4.78, 5) is 10.9. The third kappa shape index (κ3) is 3.40. The van der Waals surface area contributed by atoms with Gasteiger partial charge in [0, 0.05) is 22.3 Å². The van der Waals surface area contributed by atoms with E-state index in [-0.39, 0.29) is 11.4 Å². The van der Waals surface area contributed by atoms with Crippen molar-refractivity contribution in [2.24, 2.45) is 0 Å². The lowest BCUT2D eigenvalue weighted by Crippen LogP contribution is -2.03. The van der Waals surface area contributed by atoms with E-state index in [1.165, 1.54) is 12.1 Å². The first kappa shape index (κ1) is 15.5. The Kier molecular flexibility index (Phi) is 4.59. The number of nitrogens with two attached hydrogens (primary N) is 1. The van der Waals surface area contributed by atoms with Crippen LogP contribution >= 0.6 is 11.6 Å². The summed E-state index contributed by atoms with van der Waals surface area (Å²) in [5, 5.41) is 11.4. The van der Waals surface area contributed by atoms with Crippen LogP contribution in [0, 0.1) is 17.0 Å². The summed E-state index contributed by atoms with van der Waals surface area (Å²) in [6.07, 6.45) is 0. The Morgan fingerprint density at radius 3 is 2.67 bits per heavy atom. The van der Waals surface area contributed by atoms with Gasteiger partial charge in [0.05, 0.1) is 26.4 Å². The number of anilines is 1. The SMILES string of the molecule is Cc1c(CS(=O)c2ccc(Cl)cc2N)cccc1[N+](=O)[O-]. The average Bonchev–Trinajstić information content (AvgIpc) is 2.40. The van der Waals surface area contributed by atoms with Crippen molar-refractivity contribution in [2.75, 3.05) is 5.73 Å². The highest BCUT2D eigenvalue weighted by Crippen LogP contribution is 2.26. The summed E-state index contributed by atoms with van der Waals surface area (Å²) >= 11 is 5.81. The molecule has 21 heavy (non-hydrogen) atoms. The smallest absolute Gasteiger partial charge is 0.272 e. The summed E-state index contributed by atoms with van der Waals surface area (Å²) in [6, 6.07) is 9.51. The van der Waals surface area contributed by atoms with Crippen LogP contribution in [0.15, 0.2) is 41.3 Å². The quantitative estimate of drug-likeness (QED) is 0.530. The number of rotatable bonds is 4. The molecule has 7 heteroatoms. The minimum Gasteiger partial charge on any atom is -0.398 e. The van der Waals surface area contributed by atoms with Crippen LogP contribution in [0.1, 0.15) is 11.1 Å². The Bertz CT molecular complexity index is 734. The second kappa shape index (κ2) is 6.24. The van der Waals surface area contributed by atoms with Crippen LogP contribution < -0.4 is 5.73 Å². The van der Waals surface area contributed by atoms with Crippen molar-refractivity contribution in [1.82, 2.24) is 0 Å². The fraction of sp³-hybridized carbons (Fsp3) is 0.143. The molecule has 0 bridgehead atoms. The van der Waals surface area contributed by atoms with E-state index in [0.29, 0.717) is 26.7 Å². The van der Waals surface area contributed by atoms with Crippen LogP contribution in [-0.4, -0.2) is 9.13 Å². The molecule has 5 nitrogen and oxygen atoms in total. The molecule has 0 radical (unpaired) electrons. The first-order valence-corrected chi connectivity index (χ1v) is 7.76. The monoisotopic (exact) mass is 324 g/mol. The van der Waals surface area contributed by atoms with Gasteiger partial charge in [-0.1, -0.05) is 23.7 Å². The van der Waals surface area contributed by atoms with Gasteiger partial charge in [-0.2, -0.15) is 0 Å². The van der Waals surface area contributed by atoms with Crippen molar-refractivity contribution >= 4 is 33.8 Å². The number of nitrogens with zero attached hydrogens (tertiary/aromatic N) is 1. The van der Waals surface area contributed by atoms with Crippen molar-refractivity contribution in [1.29, 1.82) is 0 Å². The van der Waals surface area contributed by atoms with E-state index in [1.54, 1.807) is 31.2 Å². The zero-order chi connectivity index (χ0) is 15.6. The highest BCUT2D eigenvalue weighted by molar-refractivity contribution is 7.84. The van der Waals surface area contributed by atoms with Gasteiger partial charge in [0.15, 0.2) is 0 Å². The molecule has 1 atom stereocenters. The van der Waals surface area contributed by atoms with E-state index in [0.717, 1.165) is 0 Å². The van der Waals surface area contributed by atoms with Gasteiger partial charge in [-0.3, -0.25) is 14.3 Å². The average molecular weight is 325 g/mol. The summed E-state index contributed by atoms with van der Waals surface area (Å²) in [7, 11) is -1.39. The Hall–Kier alpha value is -1.92. The lowest BCUT2D eigenvalue weighted by atomic mass is 10.1. The maximum atomic E-state index is 12.4. The molecule has 1 unspecified atom stereocenters. The van der Waals surface area contributed by atoms with E-state index in [9.17, 15) is 14.3 Å². The first-order valence-electron chi connectivity index (χ1n) is 6.06. The molecule has 0 aliphatic carbocycles. The van der Waals surface area contributed by atoms with E-state index in [2.05, 4.69) is 0 Å². The molecule has 0 spiro atoms. The maximum Gasteiger partial charge on any atom is 0.272 e. The van der Waals surface area contributed by atoms with Gasteiger partial charge in [0.1, 0.15) is 0 Å². The molecule has 0 fully saturated rings.